The number of nitrogens with one attached hydrogen (secondary N) is 1. The molecule has 0 saturated heterocycles. The van der Waals surface area contributed by atoms with Gasteiger partial charge in [0.15, 0.2) is 11.6 Å². The fourth-order valence-corrected chi connectivity index (χ4v) is 3.33. The Labute approximate surface area is 156 Å². The van der Waals surface area contributed by atoms with Crippen molar-refractivity contribution in [1.82, 2.24) is 19.7 Å². The molecule has 1 aliphatic rings. The van der Waals surface area contributed by atoms with Gasteiger partial charge in [-0.2, -0.15) is 5.10 Å². The molecule has 0 radical (unpaired) electrons. The summed E-state index contributed by atoms with van der Waals surface area (Å²) in [6.45, 7) is 2.42. The molecule has 27 heavy (non-hydrogen) atoms. The van der Waals surface area contributed by atoms with E-state index in [0.717, 1.165) is 29.8 Å². The summed E-state index contributed by atoms with van der Waals surface area (Å²) in [5, 5.41) is 7.19. The summed E-state index contributed by atoms with van der Waals surface area (Å²) in [7, 11) is 0. The maximum atomic E-state index is 12.8. The van der Waals surface area contributed by atoms with Crippen molar-refractivity contribution in [2.45, 2.75) is 32.7 Å². The first kappa shape index (κ1) is 17.1. The van der Waals surface area contributed by atoms with E-state index in [4.69, 9.17) is 0 Å². The summed E-state index contributed by atoms with van der Waals surface area (Å²) in [5.41, 5.74) is 3.36. The molecule has 0 aromatic carbocycles. The Kier molecular flexibility index (Phi) is 4.50. The van der Waals surface area contributed by atoms with Crippen LogP contribution in [0.1, 0.15) is 50.5 Å². The van der Waals surface area contributed by atoms with Crippen molar-refractivity contribution < 1.29 is 9.59 Å². The van der Waals surface area contributed by atoms with Crippen LogP contribution in [0.15, 0.2) is 42.9 Å². The first-order valence-electron chi connectivity index (χ1n) is 8.87. The fourth-order valence-electron chi connectivity index (χ4n) is 3.33. The van der Waals surface area contributed by atoms with Crippen LogP contribution in [-0.2, 0) is 13.0 Å². The highest BCUT2D eigenvalue weighted by molar-refractivity contribution is 6.13. The van der Waals surface area contributed by atoms with E-state index in [1.54, 1.807) is 35.4 Å². The maximum absolute atomic E-state index is 12.8. The number of rotatable bonds is 4. The normalized spacial score (nSPS) is 13.3. The molecule has 136 valence electrons. The number of fused-ring (bicyclic) bond motifs is 1. The van der Waals surface area contributed by atoms with Crippen molar-refractivity contribution in [3.8, 4) is 0 Å². The molecule has 3 aromatic rings. The molecular weight excluding hydrogens is 342 g/mol. The number of pyridine rings is 2. The lowest BCUT2D eigenvalue weighted by Gasteiger charge is -2.17. The van der Waals surface area contributed by atoms with Crippen LogP contribution < -0.4 is 5.32 Å². The van der Waals surface area contributed by atoms with Gasteiger partial charge in [0.2, 0.25) is 0 Å². The third-order valence-electron chi connectivity index (χ3n) is 4.54. The maximum Gasteiger partial charge on any atom is 0.257 e. The van der Waals surface area contributed by atoms with E-state index < -0.39 is 0 Å². The summed E-state index contributed by atoms with van der Waals surface area (Å²) < 4.78 is 1.74. The van der Waals surface area contributed by atoms with E-state index in [9.17, 15) is 9.59 Å². The van der Waals surface area contributed by atoms with Gasteiger partial charge >= 0.3 is 0 Å². The highest BCUT2D eigenvalue weighted by Gasteiger charge is 2.26. The van der Waals surface area contributed by atoms with Crippen molar-refractivity contribution in [2.75, 3.05) is 5.32 Å². The van der Waals surface area contributed by atoms with Gasteiger partial charge in [0.1, 0.15) is 0 Å². The van der Waals surface area contributed by atoms with E-state index in [2.05, 4.69) is 20.4 Å². The minimum Gasteiger partial charge on any atom is -0.305 e. The van der Waals surface area contributed by atoms with Crippen LogP contribution in [0.4, 0.5) is 5.82 Å². The lowest BCUT2D eigenvalue weighted by Crippen LogP contribution is -2.22. The predicted molar refractivity (Wildman–Crippen MR) is 99.8 cm³/mol. The van der Waals surface area contributed by atoms with E-state index in [1.807, 2.05) is 19.1 Å². The molecule has 0 atom stereocenters. The number of Topliss-reactive ketones (excluding diaryl/α,β-unsaturated/α-hetero) is 1. The van der Waals surface area contributed by atoms with E-state index in [0.29, 0.717) is 29.9 Å². The Morgan fingerprint density at radius 3 is 2.85 bits per heavy atom. The zero-order valence-corrected chi connectivity index (χ0v) is 15.0. The number of carbonyl (C=O) groups is 2. The molecule has 1 amide bonds. The SMILES string of the molecule is Cc1cc(C(=O)Nc2ccn(Cc3ccncc3)n2)c2c(n1)CCCC2=O. The molecule has 1 N–H and O–H groups in total. The third kappa shape index (κ3) is 3.62. The van der Waals surface area contributed by atoms with E-state index in [-0.39, 0.29) is 11.7 Å². The van der Waals surface area contributed by atoms with E-state index >= 15 is 0 Å². The smallest absolute Gasteiger partial charge is 0.257 e. The number of nitrogens with zero attached hydrogens (tertiary/aromatic N) is 4. The predicted octanol–water partition coefficient (Wildman–Crippen LogP) is 2.80. The molecule has 0 unspecified atom stereocenters. The monoisotopic (exact) mass is 361 g/mol. The molecule has 0 aliphatic heterocycles. The summed E-state index contributed by atoms with van der Waals surface area (Å²) in [6, 6.07) is 7.24. The largest absolute Gasteiger partial charge is 0.305 e. The Morgan fingerprint density at radius 2 is 2.04 bits per heavy atom. The zero-order valence-electron chi connectivity index (χ0n) is 15.0. The molecule has 7 heteroatoms. The van der Waals surface area contributed by atoms with Crippen LogP contribution in [0, 0.1) is 6.92 Å². The van der Waals surface area contributed by atoms with Crippen LogP contribution in [0.25, 0.3) is 0 Å². The molecule has 1 aliphatic carbocycles. The number of hydrogen-bond acceptors (Lipinski definition) is 5. The second-order valence-corrected chi connectivity index (χ2v) is 6.62. The summed E-state index contributed by atoms with van der Waals surface area (Å²) in [6.07, 6.45) is 7.22. The van der Waals surface area contributed by atoms with Crippen molar-refractivity contribution in [3.05, 3.63) is 70.9 Å². The van der Waals surface area contributed by atoms with Crippen LogP contribution >= 0.6 is 0 Å². The Morgan fingerprint density at radius 1 is 1.22 bits per heavy atom. The lowest BCUT2D eigenvalue weighted by molar-refractivity contribution is 0.0954. The van der Waals surface area contributed by atoms with Gasteiger partial charge in [-0.25, -0.2) is 0 Å². The summed E-state index contributed by atoms with van der Waals surface area (Å²) in [5.74, 6) is 0.0961. The molecular formula is C20H19N5O2. The van der Waals surface area contributed by atoms with Crippen LogP contribution in [0.2, 0.25) is 0 Å². The Bertz CT molecular complexity index is 1010. The molecule has 0 bridgehead atoms. The number of aryl methyl sites for hydroxylation is 2. The van der Waals surface area contributed by atoms with Crippen LogP contribution in [0.3, 0.4) is 0 Å². The molecule has 3 heterocycles. The van der Waals surface area contributed by atoms with Gasteiger partial charge in [-0.05, 0) is 43.5 Å². The standard InChI is InChI=1S/C20H19N5O2/c1-13-11-15(19-16(22-13)3-2-4-17(19)26)20(27)23-18-7-10-25(24-18)12-14-5-8-21-9-6-14/h5-11H,2-4,12H2,1H3,(H,23,24,27). The molecule has 0 fully saturated rings. The Balaban J connectivity index is 1.55. The second-order valence-electron chi connectivity index (χ2n) is 6.62. The van der Waals surface area contributed by atoms with Crippen LogP contribution in [-0.4, -0.2) is 31.4 Å². The summed E-state index contributed by atoms with van der Waals surface area (Å²) >= 11 is 0. The average molecular weight is 361 g/mol. The van der Waals surface area contributed by atoms with Crippen molar-refractivity contribution in [2.24, 2.45) is 0 Å². The topological polar surface area (TPSA) is 89.8 Å². The molecule has 0 saturated carbocycles. The number of aromatic nitrogens is 4. The molecule has 0 spiro atoms. The second kappa shape index (κ2) is 7.11. The van der Waals surface area contributed by atoms with Crippen molar-refractivity contribution in [3.63, 3.8) is 0 Å². The first-order valence-corrected chi connectivity index (χ1v) is 8.87. The number of ketones is 1. The van der Waals surface area contributed by atoms with Crippen molar-refractivity contribution in [1.29, 1.82) is 0 Å². The fraction of sp³-hybridized carbons (Fsp3) is 0.250. The zero-order chi connectivity index (χ0) is 18.8. The van der Waals surface area contributed by atoms with Crippen LogP contribution in [0.5, 0.6) is 0 Å². The summed E-state index contributed by atoms with van der Waals surface area (Å²) in [4.78, 5) is 33.6. The molecule has 7 nitrogen and oxygen atoms in total. The number of amides is 1. The molecule has 3 aromatic heterocycles. The van der Waals surface area contributed by atoms with E-state index in [1.165, 1.54) is 0 Å². The quantitative estimate of drug-likeness (QED) is 0.772. The van der Waals surface area contributed by atoms with Gasteiger partial charge in [0.25, 0.3) is 5.91 Å². The molecule has 4 rings (SSSR count). The minimum absolute atomic E-state index is 0.0166. The Hall–Kier alpha value is -3.35. The average Bonchev–Trinajstić information content (AvgIpc) is 3.08. The number of anilines is 1. The van der Waals surface area contributed by atoms with Crippen molar-refractivity contribution >= 4 is 17.5 Å². The van der Waals surface area contributed by atoms with Gasteiger partial charge in [0, 0.05) is 36.8 Å². The lowest BCUT2D eigenvalue weighted by atomic mass is 9.90. The minimum atomic E-state index is -0.332. The number of carbonyl (C=O) groups excluding carboxylic acids is 2. The number of hydrogen-bond donors (Lipinski definition) is 1. The van der Waals surface area contributed by atoms with Gasteiger partial charge < -0.3 is 5.32 Å². The highest BCUT2D eigenvalue weighted by Crippen LogP contribution is 2.24. The highest BCUT2D eigenvalue weighted by atomic mass is 16.2. The first-order chi connectivity index (χ1) is 13.1. The van der Waals surface area contributed by atoms with Gasteiger partial charge in [0.05, 0.1) is 23.4 Å². The van der Waals surface area contributed by atoms with Gasteiger partial charge in [-0.1, -0.05) is 0 Å². The van der Waals surface area contributed by atoms with Gasteiger partial charge in [-0.15, -0.1) is 0 Å². The third-order valence-corrected chi connectivity index (χ3v) is 4.54. The van der Waals surface area contributed by atoms with Gasteiger partial charge in [-0.3, -0.25) is 24.2 Å².